The van der Waals surface area contributed by atoms with Crippen LogP contribution in [0.3, 0.4) is 0 Å². The maximum Gasteiger partial charge on any atom is 0.223 e. The van der Waals surface area contributed by atoms with E-state index in [2.05, 4.69) is 6.92 Å². The lowest BCUT2D eigenvalue weighted by Gasteiger charge is -2.25. The van der Waals surface area contributed by atoms with Gasteiger partial charge in [-0.2, -0.15) is 0 Å². The van der Waals surface area contributed by atoms with E-state index in [-0.39, 0.29) is 5.91 Å². The Bertz CT molecular complexity index is 108. The minimum atomic E-state index is -0.0988. The number of morpholine rings is 1. The van der Waals surface area contributed by atoms with Gasteiger partial charge < -0.3 is 9.64 Å². The molecule has 0 N–H and O–H groups in total. The highest BCUT2D eigenvalue weighted by atomic mass is 16.5. The Balaban J connectivity index is 2.31. The van der Waals surface area contributed by atoms with E-state index in [4.69, 9.17) is 4.74 Å². The number of amides is 1. The zero-order valence-corrected chi connectivity index (χ0v) is 5.30. The fraction of sp³-hybridized carbons (Fsp3) is 0.667. The first-order valence-corrected chi connectivity index (χ1v) is 2.99. The molecule has 1 amide bonds. The minimum Gasteiger partial charge on any atom is -0.378 e. The first kappa shape index (κ1) is 6.55. The number of carbonyl (C=O) groups excluding carboxylic acids is 1. The molecule has 0 spiro atoms. The first-order valence-electron chi connectivity index (χ1n) is 2.99. The molecule has 0 saturated carbocycles. The molecule has 9 heavy (non-hydrogen) atoms. The highest BCUT2D eigenvalue weighted by Gasteiger charge is 2.11. The third-order valence-corrected chi connectivity index (χ3v) is 1.36. The van der Waals surface area contributed by atoms with Crippen molar-refractivity contribution in [3.8, 4) is 0 Å². The van der Waals surface area contributed by atoms with E-state index >= 15 is 0 Å². The number of hydrogen-bond acceptors (Lipinski definition) is 2. The molecule has 3 nitrogen and oxygen atoms in total. The summed E-state index contributed by atoms with van der Waals surface area (Å²) in [5.41, 5.74) is 0. The van der Waals surface area contributed by atoms with Crippen molar-refractivity contribution in [2.45, 2.75) is 0 Å². The van der Waals surface area contributed by atoms with Gasteiger partial charge in [0.05, 0.1) is 13.2 Å². The fourth-order valence-corrected chi connectivity index (χ4v) is 0.813. The van der Waals surface area contributed by atoms with Crippen LogP contribution < -0.4 is 0 Å². The lowest BCUT2D eigenvalue weighted by atomic mass is 10.4. The quantitative estimate of drug-likeness (QED) is 0.447. The fourth-order valence-electron chi connectivity index (χ4n) is 0.813. The molecule has 1 radical (unpaired) electrons. The Hall–Kier alpha value is -0.570. The number of nitrogens with zero attached hydrogens (tertiary/aromatic N) is 1. The van der Waals surface area contributed by atoms with Crippen LogP contribution in [0.2, 0.25) is 0 Å². The van der Waals surface area contributed by atoms with Crippen molar-refractivity contribution >= 4 is 5.91 Å². The molecule has 0 atom stereocenters. The van der Waals surface area contributed by atoms with Gasteiger partial charge in [0, 0.05) is 20.0 Å². The van der Waals surface area contributed by atoms with Crippen LogP contribution in [0.5, 0.6) is 0 Å². The summed E-state index contributed by atoms with van der Waals surface area (Å²) in [6.07, 6.45) is 0. The van der Waals surface area contributed by atoms with Gasteiger partial charge in [-0.3, -0.25) is 4.79 Å². The maximum absolute atomic E-state index is 10.6. The van der Waals surface area contributed by atoms with Gasteiger partial charge in [0.25, 0.3) is 0 Å². The van der Waals surface area contributed by atoms with Gasteiger partial charge in [-0.25, -0.2) is 0 Å². The van der Waals surface area contributed by atoms with Crippen LogP contribution in [0.4, 0.5) is 0 Å². The zero-order chi connectivity index (χ0) is 6.69. The molecule has 0 aromatic carbocycles. The molecule has 1 aliphatic heterocycles. The monoisotopic (exact) mass is 128 g/mol. The van der Waals surface area contributed by atoms with Gasteiger partial charge in [0.15, 0.2) is 0 Å². The molecule has 1 fully saturated rings. The highest BCUT2D eigenvalue weighted by Crippen LogP contribution is 1.95. The van der Waals surface area contributed by atoms with Crippen molar-refractivity contribution in [2.24, 2.45) is 0 Å². The minimum absolute atomic E-state index is 0.0988. The highest BCUT2D eigenvalue weighted by molar-refractivity contribution is 5.80. The van der Waals surface area contributed by atoms with Crippen LogP contribution in [0.25, 0.3) is 0 Å². The van der Waals surface area contributed by atoms with Crippen LogP contribution in [0.15, 0.2) is 0 Å². The van der Waals surface area contributed by atoms with Gasteiger partial charge in [-0.05, 0) is 0 Å². The number of rotatable bonds is 0. The molecule has 1 heterocycles. The molecule has 0 aromatic heterocycles. The van der Waals surface area contributed by atoms with E-state index < -0.39 is 0 Å². The van der Waals surface area contributed by atoms with Gasteiger partial charge in [-0.15, -0.1) is 0 Å². The molecule has 0 aliphatic carbocycles. The van der Waals surface area contributed by atoms with Crippen molar-refractivity contribution in [3.05, 3.63) is 6.92 Å². The standard InChI is InChI=1S/C6H10NO2/c1-6(8)7-2-4-9-5-3-7/h1-5H2. The van der Waals surface area contributed by atoms with Crippen LogP contribution >= 0.6 is 0 Å². The third-order valence-electron chi connectivity index (χ3n) is 1.36. The van der Waals surface area contributed by atoms with Gasteiger partial charge >= 0.3 is 0 Å². The van der Waals surface area contributed by atoms with Crippen molar-refractivity contribution in [1.29, 1.82) is 0 Å². The third kappa shape index (κ3) is 1.68. The molecule has 0 bridgehead atoms. The largest absolute Gasteiger partial charge is 0.378 e. The molecule has 0 aromatic rings. The molecule has 0 unspecified atom stereocenters. The Kier molecular flexibility index (Phi) is 2.05. The molecule has 3 heteroatoms. The topological polar surface area (TPSA) is 29.5 Å². The summed E-state index contributed by atoms with van der Waals surface area (Å²) in [5, 5.41) is 0. The summed E-state index contributed by atoms with van der Waals surface area (Å²) >= 11 is 0. The lowest BCUT2D eigenvalue weighted by molar-refractivity contribution is -0.130. The van der Waals surface area contributed by atoms with Crippen molar-refractivity contribution in [2.75, 3.05) is 26.3 Å². The Labute approximate surface area is 54.6 Å². The van der Waals surface area contributed by atoms with Gasteiger partial charge in [-0.1, -0.05) is 0 Å². The van der Waals surface area contributed by atoms with E-state index in [1.54, 1.807) is 4.90 Å². The molecule has 1 rings (SSSR count). The normalized spacial score (nSPS) is 19.9. The van der Waals surface area contributed by atoms with E-state index in [1.807, 2.05) is 0 Å². The number of carbonyl (C=O) groups is 1. The predicted octanol–water partition coefficient (Wildman–Crippen LogP) is -0.321. The van der Waals surface area contributed by atoms with Crippen molar-refractivity contribution in [3.63, 3.8) is 0 Å². The average Bonchev–Trinajstić information content (AvgIpc) is 1.90. The SMILES string of the molecule is [CH2]C(=O)N1CCOCC1. The van der Waals surface area contributed by atoms with Gasteiger partial charge in [0.1, 0.15) is 0 Å². The van der Waals surface area contributed by atoms with E-state index in [1.165, 1.54) is 0 Å². The number of hydrogen-bond donors (Lipinski definition) is 0. The summed E-state index contributed by atoms with van der Waals surface area (Å²) in [6, 6.07) is 0. The molecule has 51 valence electrons. The summed E-state index contributed by atoms with van der Waals surface area (Å²) in [6.45, 7) is 6.00. The average molecular weight is 128 g/mol. The number of ether oxygens (including phenoxy) is 1. The van der Waals surface area contributed by atoms with Crippen LogP contribution in [0.1, 0.15) is 0 Å². The zero-order valence-electron chi connectivity index (χ0n) is 5.30. The second kappa shape index (κ2) is 2.82. The van der Waals surface area contributed by atoms with Crippen LogP contribution in [-0.2, 0) is 9.53 Å². The second-order valence-electron chi connectivity index (χ2n) is 1.99. The lowest BCUT2D eigenvalue weighted by Crippen LogP contribution is -2.39. The van der Waals surface area contributed by atoms with Crippen LogP contribution in [-0.4, -0.2) is 37.1 Å². The Morgan fingerprint density at radius 3 is 2.33 bits per heavy atom. The Morgan fingerprint density at radius 1 is 1.44 bits per heavy atom. The van der Waals surface area contributed by atoms with E-state index in [9.17, 15) is 4.79 Å². The molecule has 1 aliphatic rings. The summed E-state index contributed by atoms with van der Waals surface area (Å²) in [7, 11) is 0. The predicted molar refractivity (Wildman–Crippen MR) is 32.8 cm³/mol. The smallest absolute Gasteiger partial charge is 0.223 e. The van der Waals surface area contributed by atoms with E-state index in [0.29, 0.717) is 26.3 Å². The summed E-state index contributed by atoms with van der Waals surface area (Å²) in [4.78, 5) is 12.2. The molecule has 1 saturated heterocycles. The summed E-state index contributed by atoms with van der Waals surface area (Å²) < 4.78 is 5.03. The van der Waals surface area contributed by atoms with E-state index in [0.717, 1.165) is 0 Å². The van der Waals surface area contributed by atoms with Crippen molar-refractivity contribution < 1.29 is 9.53 Å². The first-order chi connectivity index (χ1) is 4.30. The van der Waals surface area contributed by atoms with Gasteiger partial charge in [0.2, 0.25) is 5.91 Å². The second-order valence-corrected chi connectivity index (χ2v) is 1.99. The molecular weight excluding hydrogens is 118 g/mol. The molecular formula is C6H10NO2. The van der Waals surface area contributed by atoms with Crippen molar-refractivity contribution in [1.82, 2.24) is 4.90 Å². The van der Waals surface area contributed by atoms with Crippen LogP contribution in [0, 0.1) is 6.92 Å². The maximum atomic E-state index is 10.6. The Morgan fingerprint density at radius 2 is 2.00 bits per heavy atom. The summed E-state index contributed by atoms with van der Waals surface area (Å²) in [5.74, 6) is -0.0988.